The Kier molecular flexibility index (Phi) is 2.98. The van der Waals surface area contributed by atoms with Crippen molar-refractivity contribution in [1.29, 1.82) is 0 Å². The van der Waals surface area contributed by atoms with Gasteiger partial charge >= 0.3 is 0 Å². The average molecular weight is 258 g/mol. The highest BCUT2D eigenvalue weighted by Crippen LogP contribution is 2.32. The van der Waals surface area contributed by atoms with Crippen LogP contribution < -0.4 is 5.73 Å². The number of nitrogens with zero attached hydrogens (tertiary/aromatic N) is 2. The molecule has 1 aliphatic rings. The van der Waals surface area contributed by atoms with Crippen LogP contribution in [0.25, 0.3) is 11.0 Å². The van der Waals surface area contributed by atoms with Crippen LogP contribution in [0.2, 0.25) is 0 Å². The first-order valence-electron chi connectivity index (χ1n) is 6.59. The molecule has 0 radical (unpaired) electrons. The highest BCUT2D eigenvalue weighted by molar-refractivity contribution is 5.77. The predicted octanol–water partition coefficient (Wildman–Crippen LogP) is 1.43. The summed E-state index contributed by atoms with van der Waals surface area (Å²) in [6, 6.07) is 8.10. The van der Waals surface area contributed by atoms with Gasteiger partial charge in [0.25, 0.3) is 0 Å². The minimum atomic E-state index is -0.200. The molecular weight excluding hydrogens is 240 g/mol. The summed E-state index contributed by atoms with van der Waals surface area (Å²) in [5.74, 6) is 0.679. The molecule has 0 spiro atoms. The van der Waals surface area contributed by atoms with Crippen LogP contribution in [0.3, 0.4) is 0 Å². The van der Waals surface area contributed by atoms with Crippen molar-refractivity contribution in [2.45, 2.75) is 18.9 Å². The van der Waals surface area contributed by atoms with E-state index in [1.807, 2.05) is 24.3 Å². The lowest BCUT2D eigenvalue weighted by molar-refractivity contribution is -0.123. The van der Waals surface area contributed by atoms with E-state index in [0.717, 1.165) is 36.2 Å². The monoisotopic (exact) mass is 258 g/mol. The number of amides is 1. The number of nitrogens with one attached hydrogen (secondary N) is 1. The average Bonchev–Trinajstić information content (AvgIpc) is 2.82. The van der Waals surface area contributed by atoms with Crippen molar-refractivity contribution in [2.75, 3.05) is 13.6 Å². The predicted molar refractivity (Wildman–Crippen MR) is 73.4 cm³/mol. The normalized spacial score (nSPS) is 24.7. The van der Waals surface area contributed by atoms with Crippen molar-refractivity contribution in [2.24, 2.45) is 11.7 Å². The molecule has 2 heterocycles. The summed E-state index contributed by atoms with van der Waals surface area (Å²) < 4.78 is 0. The van der Waals surface area contributed by atoms with E-state index in [0.29, 0.717) is 0 Å². The van der Waals surface area contributed by atoms with Gasteiger partial charge < -0.3 is 10.7 Å². The minimum absolute atomic E-state index is 0.0468. The fourth-order valence-electron chi connectivity index (χ4n) is 2.79. The highest BCUT2D eigenvalue weighted by Gasteiger charge is 2.31. The molecule has 1 amide bonds. The Bertz CT molecular complexity index is 573. The van der Waals surface area contributed by atoms with Gasteiger partial charge in [0.1, 0.15) is 5.82 Å². The molecule has 2 unspecified atom stereocenters. The molecule has 0 bridgehead atoms. The summed E-state index contributed by atoms with van der Waals surface area (Å²) in [7, 11) is 2.06. The van der Waals surface area contributed by atoms with Gasteiger partial charge in [-0.25, -0.2) is 4.98 Å². The lowest BCUT2D eigenvalue weighted by atomic mass is 9.90. The van der Waals surface area contributed by atoms with Crippen molar-refractivity contribution >= 4 is 16.9 Å². The Hall–Kier alpha value is -1.88. The summed E-state index contributed by atoms with van der Waals surface area (Å²) in [6.07, 6.45) is 1.58. The minimum Gasteiger partial charge on any atom is -0.369 e. The van der Waals surface area contributed by atoms with Gasteiger partial charge in [-0.15, -0.1) is 0 Å². The number of hydrogen-bond donors (Lipinski definition) is 2. The number of rotatable bonds is 2. The molecule has 1 saturated heterocycles. The molecule has 2 aromatic rings. The molecule has 0 saturated carbocycles. The lowest BCUT2D eigenvalue weighted by Crippen LogP contribution is -2.39. The molecular formula is C14H18N4O. The van der Waals surface area contributed by atoms with Crippen LogP contribution in [-0.4, -0.2) is 34.4 Å². The van der Waals surface area contributed by atoms with E-state index in [1.165, 1.54) is 0 Å². The molecule has 0 aliphatic carbocycles. The second-order valence-electron chi connectivity index (χ2n) is 5.26. The maximum absolute atomic E-state index is 11.4. The number of primary amides is 1. The van der Waals surface area contributed by atoms with E-state index in [2.05, 4.69) is 21.9 Å². The van der Waals surface area contributed by atoms with Crippen molar-refractivity contribution in [1.82, 2.24) is 14.9 Å². The van der Waals surface area contributed by atoms with Crippen LogP contribution in [0, 0.1) is 5.92 Å². The number of fused-ring (bicyclic) bond motifs is 1. The number of nitrogens with two attached hydrogens (primary N) is 1. The Morgan fingerprint density at radius 2 is 2.26 bits per heavy atom. The molecule has 1 fully saturated rings. The first-order valence-corrected chi connectivity index (χ1v) is 6.59. The van der Waals surface area contributed by atoms with Crippen molar-refractivity contribution in [3.05, 3.63) is 30.1 Å². The number of para-hydroxylation sites is 2. The number of piperidine rings is 1. The Morgan fingerprint density at radius 1 is 1.47 bits per heavy atom. The van der Waals surface area contributed by atoms with Gasteiger partial charge in [-0.05, 0) is 38.6 Å². The standard InChI is InChI=1S/C14H18N4O/c1-18-7-6-9(13(15)19)8-12(18)14-16-10-4-2-3-5-11(10)17-14/h2-5,9,12H,6-8H2,1H3,(H2,15,19)(H,16,17). The second-order valence-corrected chi connectivity index (χ2v) is 5.26. The van der Waals surface area contributed by atoms with Crippen LogP contribution >= 0.6 is 0 Å². The zero-order chi connectivity index (χ0) is 13.4. The molecule has 19 heavy (non-hydrogen) atoms. The summed E-state index contributed by atoms with van der Waals surface area (Å²) in [5.41, 5.74) is 7.44. The quantitative estimate of drug-likeness (QED) is 0.855. The molecule has 3 N–H and O–H groups in total. The largest absolute Gasteiger partial charge is 0.369 e. The number of aromatic amines is 1. The van der Waals surface area contributed by atoms with E-state index in [-0.39, 0.29) is 17.9 Å². The zero-order valence-electron chi connectivity index (χ0n) is 11.0. The van der Waals surface area contributed by atoms with Gasteiger partial charge in [-0.3, -0.25) is 9.69 Å². The maximum Gasteiger partial charge on any atom is 0.220 e. The van der Waals surface area contributed by atoms with Crippen molar-refractivity contribution in [3.63, 3.8) is 0 Å². The third kappa shape index (κ3) is 2.21. The van der Waals surface area contributed by atoms with Crippen LogP contribution in [0.15, 0.2) is 24.3 Å². The van der Waals surface area contributed by atoms with Gasteiger partial charge in [0.05, 0.1) is 17.1 Å². The molecule has 2 atom stereocenters. The first kappa shape index (κ1) is 12.2. The van der Waals surface area contributed by atoms with Crippen molar-refractivity contribution < 1.29 is 4.79 Å². The molecule has 3 rings (SSSR count). The van der Waals surface area contributed by atoms with E-state index in [1.54, 1.807) is 0 Å². The Morgan fingerprint density at radius 3 is 3.00 bits per heavy atom. The van der Waals surface area contributed by atoms with E-state index in [9.17, 15) is 4.79 Å². The van der Waals surface area contributed by atoms with Gasteiger partial charge in [-0.1, -0.05) is 12.1 Å². The van der Waals surface area contributed by atoms with Gasteiger partial charge in [-0.2, -0.15) is 0 Å². The molecule has 1 aliphatic heterocycles. The number of carbonyl (C=O) groups excluding carboxylic acids is 1. The van der Waals surface area contributed by atoms with Crippen LogP contribution in [0.5, 0.6) is 0 Å². The maximum atomic E-state index is 11.4. The van der Waals surface area contributed by atoms with Crippen LogP contribution in [0.1, 0.15) is 24.7 Å². The molecule has 100 valence electrons. The molecule has 1 aromatic heterocycles. The van der Waals surface area contributed by atoms with Gasteiger partial charge in [0.2, 0.25) is 5.91 Å². The SMILES string of the molecule is CN1CCC(C(N)=O)CC1c1nc2ccccc2[nH]1. The summed E-state index contributed by atoms with van der Waals surface area (Å²) in [4.78, 5) is 21.6. The Balaban J connectivity index is 1.92. The van der Waals surface area contributed by atoms with Gasteiger partial charge in [0, 0.05) is 5.92 Å². The summed E-state index contributed by atoms with van der Waals surface area (Å²) in [5, 5.41) is 0. The van der Waals surface area contributed by atoms with Gasteiger partial charge in [0.15, 0.2) is 0 Å². The zero-order valence-corrected chi connectivity index (χ0v) is 11.0. The number of likely N-dealkylation sites (tertiary alicyclic amines) is 1. The number of carbonyl (C=O) groups is 1. The summed E-state index contributed by atoms with van der Waals surface area (Å²) >= 11 is 0. The fraction of sp³-hybridized carbons (Fsp3) is 0.429. The molecule has 1 aromatic carbocycles. The topological polar surface area (TPSA) is 75.0 Å². The smallest absolute Gasteiger partial charge is 0.220 e. The third-order valence-electron chi connectivity index (χ3n) is 4.00. The Labute approximate surface area is 111 Å². The molecule has 5 heteroatoms. The number of imidazole rings is 1. The number of hydrogen-bond acceptors (Lipinski definition) is 3. The first-order chi connectivity index (χ1) is 9.15. The van der Waals surface area contributed by atoms with Crippen LogP contribution in [-0.2, 0) is 4.79 Å². The van der Waals surface area contributed by atoms with Crippen LogP contribution in [0.4, 0.5) is 0 Å². The summed E-state index contributed by atoms with van der Waals surface area (Å²) in [6.45, 7) is 0.870. The third-order valence-corrected chi connectivity index (χ3v) is 4.00. The number of aromatic nitrogens is 2. The van der Waals surface area contributed by atoms with E-state index in [4.69, 9.17) is 5.73 Å². The van der Waals surface area contributed by atoms with E-state index < -0.39 is 0 Å². The highest BCUT2D eigenvalue weighted by atomic mass is 16.1. The fourth-order valence-corrected chi connectivity index (χ4v) is 2.79. The number of benzene rings is 1. The van der Waals surface area contributed by atoms with Crippen molar-refractivity contribution in [3.8, 4) is 0 Å². The lowest BCUT2D eigenvalue weighted by Gasteiger charge is -2.34. The number of H-pyrrole nitrogens is 1. The second kappa shape index (κ2) is 4.66. The molecule has 5 nitrogen and oxygen atoms in total. The van der Waals surface area contributed by atoms with E-state index >= 15 is 0 Å².